The summed E-state index contributed by atoms with van der Waals surface area (Å²) in [5, 5.41) is 0. The van der Waals surface area contributed by atoms with E-state index in [1.807, 2.05) is 0 Å². The van der Waals surface area contributed by atoms with Gasteiger partial charge in [0.2, 0.25) is 10.0 Å². The highest BCUT2D eigenvalue weighted by molar-refractivity contribution is 7.89. The van der Waals surface area contributed by atoms with Crippen LogP contribution in [0, 0.1) is 24.4 Å². The molecule has 0 heterocycles. The van der Waals surface area contributed by atoms with Crippen LogP contribution in [0.3, 0.4) is 0 Å². The van der Waals surface area contributed by atoms with E-state index < -0.39 is 27.5 Å². The normalized spacial score (nSPS) is 11.6. The summed E-state index contributed by atoms with van der Waals surface area (Å²) >= 11 is 0. The number of sulfonamides is 1. The highest BCUT2D eigenvalue weighted by Crippen LogP contribution is 2.17. The maximum Gasteiger partial charge on any atom is 0.241 e. The second-order valence-electron chi connectivity index (χ2n) is 4.48. The summed E-state index contributed by atoms with van der Waals surface area (Å²) in [6, 6.07) is 6.48. The van der Waals surface area contributed by atoms with E-state index in [0.29, 0.717) is 5.56 Å². The smallest absolute Gasteiger partial charge is 0.207 e. The average Bonchev–Trinajstić information content (AvgIpc) is 2.43. The largest absolute Gasteiger partial charge is 0.241 e. The molecule has 0 fully saturated rings. The topological polar surface area (TPSA) is 46.2 Å². The van der Waals surface area contributed by atoms with Gasteiger partial charge in [-0.05, 0) is 42.3 Å². The van der Waals surface area contributed by atoms with Crippen LogP contribution in [0.15, 0.2) is 41.3 Å². The van der Waals surface area contributed by atoms with Gasteiger partial charge in [0.15, 0.2) is 11.6 Å². The Bertz CT molecular complexity index is 776. The molecule has 0 unspecified atom stereocenters. The lowest BCUT2D eigenvalue weighted by atomic mass is 10.2. The van der Waals surface area contributed by atoms with Gasteiger partial charge in [0.25, 0.3) is 0 Å². The maximum atomic E-state index is 13.2. The minimum atomic E-state index is -3.94. The van der Waals surface area contributed by atoms with Gasteiger partial charge in [-0.2, -0.15) is 0 Å². The predicted molar refractivity (Wildman–Crippen MR) is 71.5 cm³/mol. The van der Waals surface area contributed by atoms with Crippen molar-refractivity contribution in [3.8, 4) is 0 Å². The number of aryl methyl sites for hydroxylation is 1. The SMILES string of the molecule is Cc1ccc(F)cc1S(=O)(=O)NCc1ccc(F)c(F)c1. The van der Waals surface area contributed by atoms with E-state index in [-0.39, 0.29) is 17.0 Å². The third kappa shape index (κ3) is 3.62. The zero-order valence-corrected chi connectivity index (χ0v) is 11.8. The van der Waals surface area contributed by atoms with Gasteiger partial charge in [0, 0.05) is 6.54 Å². The molecule has 2 rings (SSSR count). The van der Waals surface area contributed by atoms with Crippen molar-refractivity contribution in [2.24, 2.45) is 0 Å². The lowest BCUT2D eigenvalue weighted by molar-refractivity contribution is 0.506. The lowest BCUT2D eigenvalue weighted by Gasteiger charge is -2.09. The van der Waals surface area contributed by atoms with E-state index in [1.54, 1.807) is 0 Å². The van der Waals surface area contributed by atoms with Crippen molar-refractivity contribution in [1.29, 1.82) is 0 Å². The van der Waals surface area contributed by atoms with Gasteiger partial charge in [-0.1, -0.05) is 12.1 Å². The zero-order chi connectivity index (χ0) is 15.6. The van der Waals surface area contributed by atoms with Gasteiger partial charge in [-0.15, -0.1) is 0 Å². The molecule has 0 saturated carbocycles. The Morgan fingerprint density at radius 3 is 2.38 bits per heavy atom. The third-order valence-corrected chi connectivity index (χ3v) is 4.43. The van der Waals surface area contributed by atoms with Crippen LogP contribution in [0.2, 0.25) is 0 Å². The van der Waals surface area contributed by atoms with E-state index in [2.05, 4.69) is 4.72 Å². The fourth-order valence-electron chi connectivity index (χ4n) is 1.77. The summed E-state index contributed by atoms with van der Waals surface area (Å²) in [7, 11) is -3.94. The molecular formula is C14H12F3NO2S. The Balaban J connectivity index is 2.21. The summed E-state index contributed by atoms with van der Waals surface area (Å²) in [5.74, 6) is -2.75. The summed E-state index contributed by atoms with van der Waals surface area (Å²) in [6.45, 7) is 1.31. The highest BCUT2D eigenvalue weighted by atomic mass is 32.2. The van der Waals surface area contributed by atoms with E-state index >= 15 is 0 Å². The number of nitrogens with one attached hydrogen (secondary N) is 1. The number of halogens is 3. The van der Waals surface area contributed by atoms with Crippen molar-refractivity contribution < 1.29 is 21.6 Å². The number of benzene rings is 2. The molecule has 112 valence electrons. The van der Waals surface area contributed by atoms with Crippen molar-refractivity contribution in [3.05, 3.63) is 65.0 Å². The first kappa shape index (κ1) is 15.5. The molecular weight excluding hydrogens is 303 g/mol. The molecule has 21 heavy (non-hydrogen) atoms. The summed E-state index contributed by atoms with van der Waals surface area (Å²) in [6.07, 6.45) is 0. The molecule has 7 heteroatoms. The van der Waals surface area contributed by atoms with Gasteiger partial charge >= 0.3 is 0 Å². The number of hydrogen-bond donors (Lipinski definition) is 1. The van der Waals surface area contributed by atoms with Crippen LogP contribution in [0.5, 0.6) is 0 Å². The number of rotatable bonds is 4. The van der Waals surface area contributed by atoms with E-state index in [0.717, 1.165) is 24.3 Å². The van der Waals surface area contributed by atoms with E-state index in [4.69, 9.17) is 0 Å². The van der Waals surface area contributed by atoms with Gasteiger partial charge in [-0.3, -0.25) is 0 Å². The van der Waals surface area contributed by atoms with Crippen LogP contribution in [0.1, 0.15) is 11.1 Å². The Labute approximate surface area is 120 Å². The molecule has 2 aromatic carbocycles. The summed E-state index contributed by atoms with van der Waals surface area (Å²) < 4.78 is 65.4. The van der Waals surface area contributed by atoms with Gasteiger partial charge < -0.3 is 0 Å². The van der Waals surface area contributed by atoms with Crippen LogP contribution in [-0.2, 0) is 16.6 Å². The molecule has 2 aromatic rings. The fraction of sp³-hybridized carbons (Fsp3) is 0.143. The number of hydrogen-bond acceptors (Lipinski definition) is 2. The van der Waals surface area contributed by atoms with Crippen molar-refractivity contribution in [2.45, 2.75) is 18.4 Å². The minimum absolute atomic E-state index is 0.190. The lowest BCUT2D eigenvalue weighted by Crippen LogP contribution is -2.24. The minimum Gasteiger partial charge on any atom is -0.207 e. The molecule has 0 bridgehead atoms. The molecule has 0 atom stereocenters. The van der Waals surface area contributed by atoms with Gasteiger partial charge in [0.1, 0.15) is 5.82 Å². The molecule has 0 aliphatic rings. The fourth-order valence-corrected chi connectivity index (χ4v) is 3.04. The quantitative estimate of drug-likeness (QED) is 0.943. The molecule has 0 spiro atoms. The Morgan fingerprint density at radius 2 is 1.71 bits per heavy atom. The van der Waals surface area contributed by atoms with Crippen LogP contribution >= 0.6 is 0 Å². The maximum absolute atomic E-state index is 13.2. The first-order valence-corrected chi connectivity index (χ1v) is 7.47. The molecule has 0 aromatic heterocycles. The molecule has 0 aliphatic heterocycles. The molecule has 0 aliphatic carbocycles. The van der Waals surface area contributed by atoms with E-state index in [9.17, 15) is 21.6 Å². The second kappa shape index (κ2) is 5.87. The molecule has 0 amide bonds. The van der Waals surface area contributed by atoms with Crippen LogP contribution in [0.4, 0.5) is 13.2 Å². The van der Waals surface area contributed by atoms with Crippen LogP contribution < -0.4 is 4.72 Å². The van der Waals surface area contributed by atoms with Gasteiger partial charge in [0.05, 0.1) is 4.90 Å². The van der Waals surface area contributed by atoms with Gasteiger partial charge in [-0.25, -0.2) is 26.3 Å². The third-order valence-electron chi connectivity index (χ3n) is 2.89. The summed E-state index contributed by atoms with van der Waals surface area (Å²) in [5.41, 5.74) is 0.640. The zero-order valence-electron chi connectivity index (χ0n) is 11.0. The van der Waals surface area contributed by atoms with Crippen molar-refractivity contribution in [2.75, 3.05) is 0 Å². The van der Waals surface area contributed by atoms with Crippen LogP contribution in [-0.4, -0.2) is 8.42 Å². The first-order chi connectivity index (χ1) is 9.79. The first-order valence-electron chi connectivity index (χ1n) is 5.99. The Hall–Kier alpha value is -1.86. The highest BCUT2D eigenvalue weighted by Gasteiger charge is 2.17. The standard InChI is InChI=1S/C14H12F3NO2S/c1-9-2-4-11(15)7-14(9)21(19,20)18-8-10-3-5-12(16)13(17)6-10/h2-7,18H,8H2,1H3. The monoisotopic (exact) mass is 315 g/mol. The van der Waals surface area contributed by atoms with Crippen molar-refractivity contribution >= 4 is 10.0 Å². The molecule has 1 N–H and O–H groups in total. The average molecular weight is 315 g/mol. The van der Waals surface area contributed by atoms with Crippen molar-refractivity contribution in [1.82, 2.24) is 4.72 Å². The molecule has 0 saturated heterocycles. The van der Waals surface area contributed by atoms with E-state index in [1.165, 1.54) is 19.1 Å². The Kier molecular flexibility index (Phi) is 4.34. The van der Waals surface area contributed by atoms with Crippen LogP contribution in [0.25, 0.3) is 0 Å². The molecule has 0 radical (unpaired) electrons. The summed E-state index contributed by atoms with van der Waals surface area (Å²) in [4.78, 5) is -0.190. The molecule has 3 nitrogen and oxygen atoms in total. The second-order valence-corrected chi connectivity index (χ2v) is 6.22. The van der Waals surface area contributed by atoms with Crippen molar-refractivity contribution in [3.63, 3.8) is 0 Å². The Morgan fingerprint density at radius 1 is 1.00 bits per heavy atom. The predicted octanol–water partition coefficient (Wildman–Crippen LogP) is 2.89.